The number of halogens is 3. The first kappa shape index (κ1) is 7.85. The molecule has 2 N–H and O–H groups in total. The Morgan fingerprint density at radius 3 is 2.30 bits per heavy atom. The standard InChI is InChI=1S/C6H10F3N/c7-6(8,9)5-3-4(5)1-2-10/h4-5H,1-3,10H2/t4-,5-/m0/s1. The summed E-state index contributed by atoms with van der Waals surface area (Å²) in [6.07, 6.45) is -3.16. The van der Waals surface area contributed by atoms with Crippen molar-refractivity contribution < 1.29 is 13.2 Å². The van der Waals surface area contributed by atoms with Crippen molar-refractivity contribution in [2.24, 2.45) is 17.6 Å². The van der Waals surface area contributed by atoms with E-state index in [2.05, 4.69) is 0 Å². The third-order valence-electron chi connectivity index (χ3n) is 1.88. The molecule has 0 aliphatic heterocycles. The number of nitrogens with two attached hydrogens (primary N) is 1. The summed E-state index contributed by atoms with van der Waals surface area (Å²) in [6.45, 7) is 0.372. The van der Waals surface area contributed by atoms with Crippen LogP contribution in [0, 0.1) is 11.8 Å². The van der Waals surface area contributed by atoms with Crippen molar-refractivity contribution in [3.63, 3.8) is 0 Å². The summed E-state index contributed by atoms with van der Waals surface area (Å²) in [5, 5.41) is 0. The van der Waals surface area contributed by atoms with Crippen LogP contribution in [0.1, 0.15) is 12.8 Å². The summed E-state index contributed by atoms with van der Waals surface area (Å²) in [7, 11) is 0. The minimum Gasteiger partial charge on any atom is -0.330 e. The summed E-state index contributed by atoms with van der Waals surface area (Å²) in [4.78, 5) is 0. The average molecular weight is 153 g/mol. The minimum absolute atomic E-state index is 0.176. The van der Waals surface area contributed by atoms with Gasteiger partial charge in [0.2, 0.25) is 0 Å². The second-order valence-corrected chi connectivity index (χ2v) is 2.72. The lowest BCUT2D eigenvalue weighted by atomic mass is 10.2. The number of rotatable bonds is 2. The minimum atomic E-state index is -3.97. The van der Waals surface area contributed by atoms with Crippen LogP contribution >= 0.6 is 0 Å². The zero-order valence-electron chi connectivity index (χ0n) is 5.49. The van der Waals surface area contributed by atoms with Gasteiger partial charge < -0.3 is 5.73 Å². The Morgan fingerprint density at radius 1 is 1.40 bits per heavy atom. The molecule has 1 fully saturated rings. The lowest BCUT2D eigenvalue weighted by molar-refractivity contribution is -0.151. The molecule has 10 heavy (non-hydrogen) atoms. The first-order valence-electron chi connectivity index (χ1n) is 3.32. The van der Waals surface area contributed by atoms with Gasteiger partial charge in [-0.2, -0.15) is 13.2 Å². The van der Waals surface area contributed by atoms with Gasteiger partial charge in [0.15, 0.2) is 0 Å². The highest BCUT2D eigenvalue weighted by atomic mass is 19.4. The largest absolute Gasteiger partial charge is 0.392 e. The van der Waals surface area contributed by atoms with Crippen molar-refractivity contribution in [2.45, 2.75) is 19.0 Å². The molecule has 0 saturated heterocycles. The van der Waals surface area contributed by atoms with Gasteiger partial charge in [0.05, 0.1) is 5.92 Å². The molecule has 0 aromatic carbocycles. The van der Waals surface area contributed by atoms with E-state index in [4.69, 9.17) is 5.73 Å². The molecule has 0 aromatic heterocycles. The van der Waals surface area contributed by atoms with E-state index in [1.54, 1.807) is 0 Å². The van der Waals surface area contributed by atoms with Gasteiger partial charge in [-0.1, -0.05) is 0 Å². The van der Waals surface area contributed by atoms with Gasteiger partial charge in [0, 0.05) is 0 Å². The molecule has 0 aromatic rings. The molecule has 4 heteroatoms. The normalized spacial score (nSPS) is 32.4. The molecule has 1 aliphatic rings. The van der Waals surface area contributed by atoms with E-state index in [9.17, 15) is 13.2 Å². The Labute approximate surface area is 57.4 Å². The Bertz CT molecular complexity index is 121. The van der Waals surface area contributed by atoms with Crippen LogP contribution in [0.5, 0.6) is 0 Å². The lowest BCUT2D eigenvalue weighted by Crippen LogP contribution is -2.13. The van der Waals surface area contributed by atoms with Crippen molar-refractivity contribution >= 4 is 0 Å². The summed E-state index contributed by atoms with van der Waals surface area (Å²) >= 11 is 0. The molecule has 1 nitrogen and oxygen atoms in total. The van der Waals surface area contributed by atoms with Crippen molar-refractivity contribution in [3.05, 3.63) is 0 Å². The highest BCUT2D eigenvalue weighted by Gasteiger charge is 2.54. The van der Waals surface area contributed by atoms with Crippen molar-refractivity contribution in [2.75, 3.05) is 6.54 Å². The Balaban J connectivity index is 2.25. The van der Waals surface area contributed by atoms with Crippen LogP contribution in [-0.4, -0.2) is 12.7 Å². The predicted octanol–water partition coefficient (Wildman–Crippen LogP) is 1.53. The molecule has 0 unspecified atom stereocenters. The molecule has 0 radical (unpaired) electrons. The Hall–Kier alpha value is -0.250. The summed E-state index contributed by atoms with van der Waals surface area (Å²) < 4.78 is 35.3. The van der Waals surface area contributed by atoms with Crippen molar-refractivity contribution in [3.8, 4) is 0 Å². The van der Waals surface area contributed by atoms with Crippen LogP contribution in [0.4, 0.5) is 13.2 Å². The number of alkyl halides is 3. The fraction of sp³-hybridized carbons (Fsp3) is 1.00. The second-order valence-electron chi connectivity index (χ2n) is 2.72. The first-order chi connectivity index (χ1) is 4.55. The van der Waals surface area contributed by atoms with Gasteiger partial charge in [-0.3, -0.25) is 0 Å². The van der Waals surface area contributed by atoms with E-state index in [1.165, 1.54) is 0 Å². The van der Waals surface area contributed by atoms with Gasteiger partial charge in [-0.25, -0.2) is 0 Å². The molecule has 0 heterocycles. The van der Waals surface area contributed by atoms with Crippen molar-refractivity contribution in [1.82, 2.24) is 0 Å². The molecular weight excluding hydrogens is 143 g/mol. The number of hydrogen-bond acceptors (Lipinski definition) is 1. The summed E-state index contributed by atoms with van der Waals surface area (Å²) in [6, 6.07) is 0. The van der Waals surface area contributed by atoms with Crippen LogP contribution in [0.3, 0.4) is 0 Å². The number of hydrogen-bond donors (Lipinski definition) is 1. The maximum absolute atomic E-state index is 11.8. The molecular formula is C6H10F3N. The van der Waals surface area contributed by atoms with Crippen molar-refractivity contribution in [1.29, 1.82) is 0 Å². The molecule has 0 amide bonds. The van der Waals surface area contributed by atoms with Crippen LogP contribution in [0.2, 0.25) is 0 Å². The third-order valence-corrected chi connectivity index (χ3v) is 1.88. The predicted molar refractivity (Wildman–Crippen MR) is 31.3 cm³/mol. The maximum Gasteiger partial charge on any atom is 0.392 e. The lowest BCUT2D eigenvalue weighted by Gasteiger charge is -2.03. The second kappa shape index (κ2) is 2.42. The van der Waals surface area contributed by atoms with E-state index >= 15 is 0 Å². The van der Waals surface area contributed by atoms with E-state index in [0.29, 0.717) is 19.4 Å². The molecule has 0 spiro atoms. The van der Waals surface area contributed by atoms with Gasteiger partial charge in [0.1, 0.15) is 0 Å². The van der Waals surface area contributed by atoms with Crippen LogP contribution in [0.25, 0.3) is 0 Å². The Morgan fingerprint density at radius 2 is 2.00 bits per heavy atom. The SMILES string of the molecule is NCC[C@H]1C[C@@H]1C(F)(F)F. The molecule has 2 atom stereocenters. The van der Waals surface area contributed by atoms with Gasteiger partial charge >= 0.3 is 6.18 Å². The zero-order chi connectivity index (χ0) is 7.78. The molecule has 1 aliphatic carbocycles. The molecule has 0 bridgehead atoms. The van der Waals surface area contributed by atoms with Gasteiger partial charge in [-0.15, -0.1) is 0 Å². The highest BCUT2D eigenvalue weighted by molar-refractivity contribution is 4.91. The topological polar surface area (TPSA) is 26.0 Å². The fourth-order valence-electron chi connectivity index (χ4n) is 1.18. The molecule has 1 rings (SSSR count). The molecule has 1 saturated carbocycles. The van der Waals surface area contributed by atoms with E-state index in [-0.39, 0.29) is 5.92 Å². The summed E-state index contributed by atoms with van der Waals surface area (Å²) in [5.41, 5.74) is 5.11. The van der Waals surface area contributed by atoms with Crippen LogP contribution in [0.15, 0.2) is 0 Å². The van der Waals surface area contributed by atoms with E-state index in [0.717, 1.165) is 0 Å². The van der Waals surface area contributed by atoms with Crippen LogP contribution in [-0.2, 0) is 0 Å². The first-order valence-corrected chi connectivity index (χ1v) is 3.32. The third kappa shape index (κ3) is 1.62. The molecule has 60 valence electrons. The smallest absolute Gasteiger partial charge is 0.330 e. The average Bonchev–Trinajstić information content (AvgIpc) is 2.44. The summed E-state index contributed by atoms with van der Waals surface area (Å²) in [5.74, 6) is -1.22. The van der Waals surface area contributed by atoms with Gasteiger partial charge in [0.25, 0.3) is 0 Å². The quantitative estimate of drug-likeness (QED) is 0.639. The Kier molecular flexibility index (Phi) is 1.90. The zero-order valence-corrected chi connectivity index (χ0v) is 5.49. The van der Waals surface area contributed by atoms with Crippen LogP contribution < -0.4 is 5.73 Å². The van der Waals surface area contributed by atoms with E-state index in [1.807, 2.05) is 0 Å². The van der Waals surface area contributed by atoms with E-state index < -0.39 is 12.1 Å². The highest BCUT2D eigenvalue weighted by Crippen LogP contribution is 2.51. The maximum atomic E-state index is 11.8. The fourth-order valence-corrected chi connectivity index (χ4v) is 1.18. The van der Waals surface area contributed by atoms with Gasteiger partial charge in [-0.05, 0) is 25.3 Å². The monoisotopic (exact) mass is 153 g/mol.